The Morgan fingerprint density at radius 2 is 2.29 bits per heavy atom. The molecule has 1 aromatic heterocycles. The fourth-order valence-corrected chi connectivity index (χ4v) is 1.96. The zero-order valence-electron chi connectivity index (χ0n) is 9.84. The summed E-state index contributed by atoms with van der Waals surface area (Å²) < 4.78 is 5.39. The number of aromatic nitrogens is 3. The molecule has 1 fully saturated rings. The van der Waals surface area contributed by atoms with E-state index in [9.17, 15) is 4.79 Å². The van der Waals surface area contributed by atoms with Gasteiger partial charge in [0, 0.05) is 19.8 Å². The molecule has 2 rings (SSSR count). The molecule has 6 nitrogen and oxygen atoms in total. The molecule has 1 aromatic rings. The van der Waals surface area contributed by atoms with Crippen molar-refractivity contribution < 1.29 is 9.53 Å². The molecule has 0 aliphatic carbocycles. The topological polar surface area (TPSA) is 69.0 Å². The summed E-state index contributed by atoms with van der Waals surface area (Å²) >= 11 is 0. The first-order valence-electron chi connectivity index (χ1n) is 6.03. The molecule has 0 unspecified atom stereocenters. The molecule has 0 radical (unpaired) electrons. The lowest BCUT2D eigenvalue weighted by molar-refractivity contribution is -0.122. The van der Waals surface area contributed by atoms with Gasteiger partial charge in [0.15, 0.2) is 0 Å². The minimum atomic E-state index is -0.0436. The fourth-order valence-electron chi connectivity index (χ4n) is 1.96. The Morgan fingerprint density at radius 3 is 3.00 bits per heavy atom. The van der Waals surface area contributed by atoms with E-state index in [4.69, 9.17) is 4.74 Å². The summed E-state index contributed by atoms with van der Waals surface area (Å²) in [5.41, 5.74) is 0. The molecule has 1 aliphatic heterocycles. The number of hydrogen-bond donors (Lipinski definition) is 1. The minimum absolute atomic E-state index is 0.0436. The summed E-state index contributed by atoms with van der Waals surface area (Å²) in [4.78, 5) is 12.9. The maximum absolute atomic E-state index is 11.5. The Kier molecular flexibility index (Phi) is 4.49. The van der Waals surface area contributed by atoms with Gasteiger partial charge in [-0.05, 0) is 25.2 Å². The third-order valence-electron chi connectivity index (χ3n) is 2.88. The summed E-state index contributed by atoms with van der Waals surface area (Å²) in [6.07, 6.45) is 6.45. The number of ether oxygens (including phenoxy) is 1. The van der Waals surface area contributed by atoms with E-state index >= 15 is 0 Å². The van der Waals surface area contributed by atoms with Crippen LogP contribution in [0.1, 0.15) is 19.3 Å². The van der Waals surface area contributed by atoms with Crippen LogP contribution in [0.15, 0.2) is 12.4 Å². The Bertz CT molecular complexity index is 333. The van der Waals surface area contributed by atoms with Crippen LogP contribution in [0.4, 0.5) is 0 Å². The molecular weight excluding hydrogens is 220 g/mol. The van der Waals surface area contributed by atoms with Crippen LogP contribution in [0.25, 0.3) is 0 Å². The largest absolute Gasteiger partial charge is 0.381 e. The molecule has 6 heteroatoms. The van der Waals surface area contributed by atoms with Gasteiger partial charge in [0.05, 0.1) is 12.4 Å². The highest BCUT2D eigenvalue weighted by molar-refractivity contribution is 5.75. The Morgan fingerprint density at radius 1 is 1.47 bits per heavy atom. The van der Waals surface area contributed by atoms with Gasteiger partial charge >= 0.3 is 0 Å². The average Bonchev–Trinajstić information content (AvgIpc) is 2.83. The first-order chi connectivity index (χ1) is 8.34. The van der Waals surface area contributed by atoms with Crippen LogP contribution >= 0.6 is 0 Å². The van der Waals surface area contributed by atoms with Crippen LogP contribution in [-0.4, -0.2) is 40.7 Å². The van der Waals surface area contributed by atoms with Crippen molar-refractivity contribution in [3.05, 3.63) is 12.4 Å². The molecule has 0 saturated carbocycles. The van der Waals surface area contributed by atoms with Crippen molar-refractivity contribution in [3.63, 3.8) is 0 Å². The normalized spacial score (nSPS) is 20.1. The Balaban J connectivity index is 1.59. The molecule has 0 bridgehead atoms. The molecule has 1 amide bonds. The Labute approximate surface area is 100 Å². The number of amides is 1. The zero-order chi connectivity index (χ0) is 11.9. The van der Waals surface area contributed by atoms with Crippen molar-refractivity contribution >= 4 is 5.91 Å². The third kappa shape index (κ3) is 4.14. The molecular formula is C11H18N4O2. The van der Waals surface area contributed by atoms with E-state index in [1.807, 2.05) is 0 Å². The van der Waals surface area contributed by atoms with E-state index in [2.05, 4.69) is 15.5 Å². The van der Waals surface area contributed by atoms with Crippen molar-refractivity contribution in [2.75, 3.05) is 19.8 Å². The second kappa shape index (κ2) is 6.34. The average molecular weight is 238 g/mol. The monoisotopic (exact) mass is 238 g/mol. The summed E-state index contributed by atoms with van der Waals surface area (Å²) in [7, 11) is 0. The summed E-state index contributed by atoms with van der Waals surface area (Å²) in [5, 5.41) is 10.6. The second-order valence-corrected chi connectivity index (χ2v) is 4.28. The molecule has 2 heterocycles. The third-order valence-corrected chi connectivity index (χ3v) is 2.88. The molecule has 1 atom stereocenters. The molecule has 1 saturated heterocycles. The van der Waals surface area contributed by atoms with Gasteiger partial charge in [-0.1, -0.05) is 0 Å². The van der Waals surface area contributed by atoms with Gasteiger partial charge in [0.2, 0.25) is 5.91 Å². The number of rotatable bonds is 5. The van der Waals surface area contributed by atoms with E-state index in [1.54, 1.807) is 12.4 Å². The molecule has 17 heavy (non-hydrogen) atoms. The van der Waals surface area contributed by atoms with E-state index in [0.717, 1.165) is 26.1 Å². The van der Waals surface area contributed by atoms with Crippen molar-refractivity contribution in [1.82, 2.24) is 20.3 Å². The highest BCUT2D eigenvalue weighted by Gasteiger charge is 2.13. The first-order valence-corrected chi connectivity index (χ1v) is 6.03. The van der Waals surface area contributed by atoms with Crippen molar-refractivity contribution in [2.45, 2.75) is 25.8 Å². The zero-order valence-corrected chi connectivity index (χ0v) is 9.84. The van der Waals surface area contributed by atoms with E-state index in [-0.39, 0.29) is 12.5 Å². The van der Waals surface area contributed by atoms with E-state index in [0.29, 0.717) is 12.5 Å². The summed E-state index contributed by atoms with van der Waals surface area (Å²) in [6, 6.07) is 0. The number of hydrogen-bond acceptors (Lipinski definition) is 4. The minimum Gasteiger partial charge on any atom is -0.381 e. The quantitative estimate of drug-likeness (QED) is 0.796. The van der Waals surface area contributed by atoms with E-state index in [1.165, 1.54) is 11.2 Å². The van der Waals surface area contributed by atoms with Gasteiger partial charge in [0.25, 0.3) is 0 Å². The lowest BCUT2D eigenvalue weighted by atomic mass is 9.99. The second-order valence-electron chi connectivity index (χ2n) is 4.28. The van der Waals surface area contributed by atoms with Crippen LogP contribution in [0.3, 0.4) is 0 Å². The maximum Gasteiger partial charge on any atom is 0.243 e. The van der Waals surface area contributed by atoms with Crippen LogP contribution in [-0.2, 0) is 16.1 Å². The predicted octanol–water partition coefficient (Wildman–Crippen LogP) is 0.211. The summed E-state index contributed by atoms with van der Waals surface area (Å²) in [6.45, 7) is 2.60. The highest BCUT2D eigenvalue weighted by Crippen LogP contribution is 2.16. The van der Waals surface area contributed by atoms with Crippen LogP contribution in [0.5, 0.6) is 0 Å². The number of carbonyl (C=O) groups excluding carboxylic acids is 1. The predicted molar refractivity (Wildman–Crippen MR) is 61.2 cm³/mol. The standard InChI is InChI=1S/C11H18N4O2/c16-11(8-15-13-5-6-14-15)12-4-3-10-2-1-7-17-9-10/h5-6,10H,1-4,7-9H2,(H,12,16)/t10-/m0/s1. The number of nitrogens with zero attached hydrogens (tertiary/aromatic N) is 3. The maximum atomic E-state index is 11.5. The van der Waals surface area contributed by atoms with E-state index < -0.39 is 0 Å². The van der Waals surface area contributed by atoms with Gasteiger partial charge in [-0.3, -0.25) is 4.79 Å². The lowest BCUT2D eigenvalue weighted by Gasteiger charge is -2.21. The van der Waals surface area contributed by atoms with Crippen molar-refractivity contribution in [3.8, 4) is 0 Å². The fraction of sp³-hybridized carbons (Fsp3) is 0.727. The highest BCUT2D eigenvalue weighted by atomic mass is 16.5. The molecule has 0 spiro atoms. The molecule has 1 aliphatic rings. The van der Waals surface area contributed by atoms with Gasteiger partial charge in [-0.2, -0.15) is 15.0 Å². The van der Waals surface area contributed by atoms with Gasteiger partial charge in [-0.15, -0.1) is 0 Å². The van der Waals surface area contributed by atoms with Crippen molar-refractivity contribution in [1.29, 1.82) is 0 Å². The lowest BCUT2D eigenvalue weighted by Crippen LogP contribution is -2.31. The first kappa shape index (κ1) is 12.0. The van der Waals surface area contributed by atoms with Gasteiger partial charge in [-0.25, -0.2) is 0 Å². The smallest absolute Gasteiger partial charge is 0.243 e. The van der Waals surface area contributed by atoms with Crippen molar-refractivity contribution in [2.24, 2.45) is 5.92 Å². The Hall–Kier alpha value is -1.43. The van der Waals surface area contributed by atoms with Gasteiger partial charge < -0.3 is 10.1 Å². The number of nitrogens with one attached hydrogen (secondary N) is 1. The molecule has 94 valence electrons. The van der Waals surface area contributed by atoms with Crippen LogP contribution in [0, 0.1) is 5.92 Å². The SMILES string of the molecule is O=C(Cn1nccn1)NCC[C@@H]1CCCOC1. The molecule has 1 N–H and O–H groups in total. The summed E-state index contributed by atoms with van der Waals surface area (Å²) in [5.74, 6) is 0.546. The number of carbonyl (C=O) groups is 1. The van der Waals surface area contributed by atoms with Gasteiger partial charge in [0.1, 0.15) is 6.54 Å². The molecule has 0 aromatic carbocycles. The van der Waals surface area contributed by atoms with Crippen LogP contribution < -0.4 is 5.32 Å². The van der Waals surface area contributed by atoms with Crippen LogP contribution in [0.2, 0.25) is 0 Å².